The summed E-state index contributed by atoms with van der Waals surface area (Å²) in [5.74, 6) is -0.111. The number of nitrogens with one attached hydrogen (secondary N) is 1. The third-order valence-corrected chi connectivity index (χ3v) is 2.68. The van der Waals surface area contributed by atoms with Gasteiger partial charge >= 0.3 is 5.69 Å². The number of amides is 1. The number of carbonyl (C=O) groups excluding carboxylic acids is 2. The lowest BCUT2D eigenvalue weighted by atomic mass is 10.4. The van der Waals surface area contributed by atoms with Crippen molar-refractivity contribution in [2.45, 2.75) is 19.3 Å². The van der Waals surface area contributed by atoms with Gasteiger partial charge in [0.25, 0.3) is 0 Å². The van der Waals surface area contributed by atoms with Gasteiger partial charge in [-0.2, -0.15) is 4.98 Å². The molecule has 1 aliphatic rings. The second-order valence-corrected chi connectivity index (χ2v) is 4.34. The lowest BCUT2D eigenvalue weighted by molar-refractivity contribution is -0.114. The number of aromatic nitrogens is 2. The van der Waals surface area contributed by atoms with Crippen LogP contribution < -0.4 is 11.0 Å². The quantitative estimate of drug-likeness (QED) is 0.445. The van der Waals surface area contributed by atoms with E-state index in [9.17, 15) is 14.4 Å². The fraction of sp³-hybridized carbons (Fsp3) is 0.385. The summed E-state index contributed by atoms with van der Waals surface area (Å²) in [5, 5.41) is 2.43. The predicted octanol–water partition coefficient (Wildman–Crippen LogP) is -0.129. The molecule has 0 bridgehead atoms. The molecule has 0 saturated heterocycles. The highest BCUT2D eigenvalue weighted by Gasteiger charge is 2.21. The van der Waals surface area contributed by atoms with Gasteiger partial charge in [0.05, 0.1) is 6.61 Å². The Hall–Kier alpha value is -2.32. The SMILES string of the molecule is CC(=O)Nc1ccn([C@H]2C=C[C@@H](COCC=O)O2)c(=O)n1. The first-order valence-electron chi connectivity index (χ1n) is 6.32. The smallest absolute Gasteiger partial charge is 0.351 e. The lowest BCUT2D eigenvalue weighted by Crippen LogP contribution is -2.28. The summed E-state index contributed by atoms with van der Waals surface area (Å²) in [6, 6.07) is 1.51. The third-order valence-electron chi connectivity index (χ3n) is 2.68. The van der Waals surface area contributed by atoms with Crippen LogP contribution in [0.5, 0.6) is 0 Å². The monoisotopic (exact) mass is 293 g/mol. The Morgan fingerprint density at radius 1 is 1.57 bits per heavy atom. The number of ether oxygens (including phenoxy) is 2. The topological polar surface area (TPSA) is 99.5 Å². The highest BCUT2D eigenvalue weighted by molar-refractivity contribution is 5.87. The second kappa shape index (κ2) is 6.91. The molecule has 0 radical (unpaired) electrons. The molecule has 21 heavy (non-hydrogen) atoms. The van der Waals surface area contributed by atoms with Crippen LogP contribution in [0.4, 0.5) is 5.82 Å². The Morgan fingerprint density at radius 2 is 2.38 bits per heavy atom. The summed E-state index contributed by atoms with van der Waals surface area (Å²) in [6.07, 6.45) is 4.70. The van der Waals surface area contributed by atoms with Gasteiger partial charge < -0.3 is 19.6 Å². The molecule has 2 rings (SSSR count). The van der Waals surface area contributed by atoms with Gasteiger partial charge in [-0.25, -0.2) is 4.79 Å². The molecule has 1 amide bonds. The maximum absolute atomic E-state index is 11.9. The summed E-state index contributed by atoms with van der Waals surface area (Å²) >= 11 is 0. The van der Waals surface area contributed by atoms with Crippen LogP contribution in [-0.4, -0.2) is 41.1 Å². The number of rotatable bonds is 6. The molecule has 1 aromatic heterocycles. The first kappa shape index (κ1) is 15.1. The fourth-order valence-corrected chi connectivity index (χ4v) is 1.83. The van der Waals surface area contributed by atoms with Crippen LogP contribution in [0.1, 0.15) is 13.2 Å². The average molecular weight is 293 g/mol. The van der Waals surface area contributed by atoms with E-state index >= 15 is 0 Å². The van der Waals surface area contributed by atoms with Crippen LogP contribution >= 0.6 is 0 Å². The van der Waals surface area contributed by atoms with E-state index in [2.05, 4.69) is 10.3 Å². The van der Waals surface area contributed by atoms with Crippen LogP contribution in [0, 0.1) is 0 Å². The molecular formula is C13H15N3O5. The van der Waals surface area contributed by atoms with E-state index in [4.69, 9.17) is 9.47 Å². The van der Waals surface area contributed by atoms with Crippen LogP contribution in [-0.2, 0) is 19.1 Å². The van der Waals surface area contributed by atoms with E-state index in [-0.39, 0.29) is 31.0 Å². The zero-order valence-corrected chi connectivity index (χ0v) is 11.4. The highest BCUT2D eigenvalue weighted by Crippen LogP contribution is 2.19. The molecule has 2 atom stereocenters. The van der Waals surface area contributed by atoms with Crippen LogP contribution in [0.15, 0.2) is 29.2 Å². The molecule has 0 saturated carbocycles. The standard InChI is InChI=1S/C13H15N3O5/c1-9(18)14-11-4-5-16(13(19)15-11)12-3-2-10(21-12)8-20-7-6-17/h2-6,10,12H,7-8H2,1H3,(H,14,15,18,19)/t10-,12+/m0/s1. The molecule has 2 heterocycles. The Kier molecular flexibility index (Phi) is 4.96. The minimum Gasteiger partial charge on any atom is -0.371 e. The van der Waals surface area contributed by atoms with Crippen molar-refractivity contribution in [3.63, 3.8) is 0 Å². The number of hydrogen-bond acceptors (Lipinski definition) is 6. The zero-order chi connectivity index (χ0) is 15.2. The molecule has 112 valence electrons. The van der Waals surface area contributed by atoms with Crippen molar-refractivity contribution in [3.05, 3.63) is 34.9 Å². The van der Waals surface area contributed by atoms with Crippen LogP contribution in [0.25, 0.3) is 0 Å². The van der Waals surface area contributed by atoms with E-state index in [1.54, 1.807) is 12.2 Å². The van der Waals surface area contributed by atoms with Crippen LogP contribution in [0.3, 0.4) is 0 Å². The van der Waals surface area contributed by atoms with Gasteiger partial charge in [-0.3, -0.25) is 9.36 Å². The van der Waals surface area contributed by atoms with Crippen molar-refractivity contribution >= 4 is 18.0 Å². The Morgan fingerprint density at radius 3 is 3.05 bits per heavy atom. The second-order valence-electron chi connectivity index (χ2n) is 4.34. The molecule has 1 N–H and O–H groups in total. The highest BCUT2D eigenvalue weighted by atomic mass is 16.5. The van der Waals surface area contributed by atoms with Gasteiger partial charge in [-0.05, 0) is 12.1 Å². The molecule has 1 aliphatic heterocycles. The van der Waals surface area contributed by atoms with Crippen LogP contribution in [0.2, 0.25) is 0 Å². The molecule has 1 aromatic rings. The number of anilines is 1. The predicted molar refractivity (Wildman–Crippen MR) is 72.7 cm³/mol. The third kappa shape index (κ3) is 4.07. The summed E-state index contributed by atoms with van der Waals surface area (Å²) in [6.45, 7) is 1.57. The summed E-state index contributed by atoms with van der Waals surface area (Å²) in [4.78, 5) is 36.7. The van der Waals surface area contributed by atoms with Crippen molar-refractivity contribution < 1.29 is 19.1 Å². The first-order chi connectivity index (χ1) is 10.1. The van der Waals surface area contributed by atoms with Gasteiger partial charge in [0.2, 0.25) is 5.91 Å². The van der Waals surface area contributed by atoms with Crippen molar-refractivity contribution in [1.29, 1.82) is 0 Å². The Labute approximate surface area is 120 Å². The molecule has 0 unspecified atom stereocenters. The molecule has 0 aliphatic carbocycles. The number of hydrogen-bond donors (Lipinski definition) is 1. The van der Waals surface area contributed by atoms with Crippen molar-refractivity contribution in [3.8, 4) is 0 Å². The number of nitrogens with zero attached hydrogens (tertiary/aromatic N) is 2. The normalized spacial score (nSPS) is 20.4. The average Bonchev–Trinajstić information content (AvgIpc) is 2.87. The van der Waals surface area contributed by atoms with E-state index in [0.717, 1.165) is 0 Å². The summed E-state index contributed by atoms with van der Waals surface area (Å²) in [7, 11) is 0. The van der Waals surface area contributed by atoms with Crippen molar-refractivity contribution in [2.24, 2.45) is 0 Å². The Balaban J connectivity index is 2.00. The Bertz CT molecular complexity index is 610. The van der Waals surface area contributed by atoms with Gasteiger partial charge in [0.15, 0.2) is 6.23 Å². The van der Waals surface area contributed by atoms with Gasteiger partial charge in [-0.1, -0.05) is 6.08 Å². The minimum absolute atomic E-state index is 0.00524. The van der Waals surface area contributed by atoms with Gasteiger partial charge in [-0.15, -0.1) is 0 Å². The first-order valence-corrected chi connectivity index (χ1v) is 6.32. The minimum atomic E-state index is -0.582. The summed E-state index contributed by atoms with van der Waals surface area (Å²) in [5.41, 5.74) is -0.537. The maximum Gasteiger partial charge on any atom is 0.351 e. The molecule has 8 heteroatoms. The summed E-state index contributed by atoms with van der Waals surface area (Å²) < 4.78 is 11.9. The number of carbonyl (C=O) groups is 2. The molecule has 0 fully saturated rings. The van der Waals surface area contributed by atoms with E-state index in [1.807, 2.05) is 0 Å². The van der Waals surface area contributed by atoms with Crippen molar-refractivity contribution in [1.82, 2.24) is 9.55 Å². The zero-order valence-electron chi connectivity index (χ0n) is 11.4. The molecule has 0 aromatic carbocycles. The van der Waals surface area contributed by atoms with Gasteiger partial charge in [0, 0.05) is 13.1 Å². The molecule has 0 spiro atoms. The largest absolute Gasteiger partial charge is 0.371 e. The maximum atomic E-state index is 11.9. The van der Waals surface area contributed by atoms with E-state index < -0.39 is 11.9 Å². The fourth-order valence-electron chi connectivity index (χ4n) is 1.83. The lowest BCUT2D eigenvalue weighted by Gasteiger charge is -2.16. The van der Waals surface area contributed by atoms with Crippen molar-refractivity contribution in [2.75, 3.05) is 18.5 Å². The van der Waals surface area contributed by atoms with E-state index in [0.29, 0.717) is 6.29 Å². The molecular weight excluding hydrogens is 278 g/mol. The van der Waals surface area contributed by atoms with Gasteiger partial charge in [0.1, 0.15) is 24.8 Å². The number of aldehydes is 1. The molecule has 8 nitrogen and oxygen atoms in total. The van der Waals surface area contributed by atoms with E-state index in [1.165, 1.54) is 23.8 Å².